The van der Waals surface area contributed by atoms with Gasteiger partial charge in [0.2, 0.25) is 0 Å². The van der Waals surface area contributed by atoms with E-state index in [1.807, 2.05) is 0 Å². The summed E-state index contributed by atoms with van der Waals surface area (Å²) in [6.07, 6.45) is 6.48. The first-order chi connectivity index (χ1) is 31.7. The van der Waals surface area contributed by atoms with E-state index in [-0.39, 0.29) is 0 Å². The molecule has 0 fully saturated rings. The van der Waals surface area contributed by atoms with Crippen molar-refractivity contribution in [3.05, 3.63) is 236 Å². The number of rotatable bonds is 4. The predicted octanol–water partition coefficient (Wildman–Crippen LogP) is 17.1. The molecule has 0 radical (unpaired) electrons. The third-order valence-electron chi connectivity index (χ3n) is 12.8. The van der Waals surface area contributed by atoms with Gasteiger partial charge in [0.05, 0.1) is 22.1 Å². The lowest BCUT2D eigenvalue weighted by molar-refractivity contribution is 0.604. The minimum absolute atomic E-state index is 0.779. The summed E-state index contributed by atoms with van der Waals surface area (Å²) in [5.74, 6) is 0.779. The second-order valence-corrected chi connectivity index (χ2v) is 16.3. The zero-order valence-electron chi connectivity index (χ0n) is 35.3. The van der Waals surface area contributed by atoms with Gasteiger partial charge in [0, 0.05) is 38.3 Å². The fourth-order valence-corrected chi connectivity index (χ4v) is 9.95. The zero-order valence-corrected chi connectivity index (χ0v) is 35.3. The van der Waals surface area contributed by atoms with Gasteiger partial charge in [-0.05, 0) is 111 Å². The van der Waals surface area contributed by atoms with E-state index in [9.17, 15) is 0 Å². The summed E-state index contributed by atoms with van der Waals surface area (Å²) in [7, 11) is 0. The first-order valence-corrected chi connectivity index (χ1v) is 22.0. The zero-order chi connectivity index (χ0) is 42.6. The van der Waals surface area contributed by atoms with Crippen LogP contribution in [0.4, 0.5) is 0 Å². The summed E-state index contributed by atoms with van der Waals surface area (Å²) in [6, 6.07) is 78.9. The number of nitrogens with zero attached hydrogens (tertiary/aromatic N) is 2. The minimum atomic E-state index is 0.779. The largest absolute Gasteiger partial charge is 0.457 e. The topological polar surface area (TPSA) is 23.0 Å². The molecule has 64 heavy (non-hydrogen) atoms. The lowest BCUT2D eigenvalue weighted by Crippen LogP contribution is -1.98. The first kappa shape index (κ1) is 37.4. The van der Waals surface area contributed by atoms with E-state index in [1.54, 1.807) is 0 Å². The molecular formula is C61H42N2O. The highest BCUT2D eigenvalue weighted by Crippen LogP contribution is 2.37. The van der Waals surface area contributed by atoms with Crippen LogP contribution in [0.15, 0.2) is 235 Å². The predicted molar refractivity (Wildman–Crippen MR) is 274 cm³/mol. The van der Waals surface area contributed by atoms with Crippen molar-refractivity contribution in [1.82, 2.24) is 9.13 Å². The smallest absolute Gasteiger partial charge is 0.134 e. The molecule has 0 atom stereocenters. The molecule has 302 valence electrons. The third kappa shape index (κ3) is 6.13. The van der Waals surface area contributed by atoms with Crippen LogP contribution in [0, 0.1) is 0 Å². The van der Waals surface area contributed by atoms with Crippen molar-refractivity contribution in [2.24, 2.45) is 0 Å². The van der Waals surface area contributed by atoms with Crippen LogP contribution in [0.1, 0.15) is 12.7 Å². The second kappa shape index (κ2) is 15.5. The van der Waals surface area contributed by atoms with Gasteiger partial charge in [-0.1, -0.05) is 176 Å². The molecule has 3 heteroatoms. The number of hydrogen-bond acceptors (Lipinski definition) is 1. The van der Waals surface area contributed by atoms with Gasteiger partial charge >= 0.3 is 0 Å². The Labute approximate surface area is 370 Å². The maximum absolute atomic E-state index is 6.63. The molecule has 9 aromatic carbocycles. The van der Waals surface area contributed by atoms with Gasteiger partial charge in [0.1, 0.15) is 11.3 Å². The number of furan rings is 1. The average Bonchev–Trinajstić information content (AvgIpc) is 3.80. The van der Waals surface area contributed by atoms with Gasteiger partial charge in [0.15, 0.2) is 0 Å². The van der Waals surface area contributed by atoms with Crippen LogP contribution >= 0.6 is 0 Å². The molecule has 3 heterocycles. The number of hydrogen-bond donors (Lipinski definition) is 0. The SMILES string of the molecule is C/C=C(\C=C/c1cc2cc(-n3c4ccccc4c4ccccc4c4ccccc4c4ccccc43)ccc2o1)n1c2ccccc2c2ccccc2c2ccccc2c2ccccc21. The summed E-state index contributed by atoms with van der Waals surface area (Å²) in [6.45, 7) is 2.11. The van der Waals surface area contributed by atoms with Gasteiger partial charge in [-0.2, -0.15) is 0 Å². The van der Waals surface area contributed by atoms with E-state index < -0.39 is 0 Å². The Morgan fingerprint density at radius 2 is 0.719 bits per heavy atom. The Bertz CT molecular complexity index is 3830. The Hall–Kier alpha value is -8.40. The Morgan fingerprint density at radius 1 is 0.375 bits per heavy atom. The van der Waals surface area contributed by atoms with Gasteiger partial charge < -0.3 is 13.6 Å². The fraction of sp³-hybridized carbons (Fsp3) is 0.0164. The van der Waals surface area contributed by atoms with E-state index in [4.69, 9.17) is 4.42 Å². The minimum Gasteiger partial charge on any atom is -0.457 e. The molecule has 0 amide bonds. The number of para-hydroxylation sites is 4. The highest BCUT2D eigenvalue weighted by Gasteiger charge is 2.14. The van der Waals surface area contributed by atoms with E-state index in [0.717, 1.165) is 50.2 Å². The molecular weight excluding hydrogens is 777 g/mol. The molecule has 0 aliphatic rings. The summed E-state index contributed by atoms with van der Waals surface area (Å²) < 4.78 is 11.4. The van der Waals surface area contributed by atoms with Crippen LogP contribution in [0.25, 0.3) is 115 Å². The van der Waals surface area contributed by atoms with Crippen LogP contribution in [0.5, 0.6) is 0 Å². The molecule has 0 spiro atoms. The molecule has 12 rings (SSSR count). The lowest BCUT2D eigenvalue weighted by atomic mass is 10.0. The molecule has 0 bridgehead atoms. The van der Waals surface area contributed by atoms with Crippen molar-refractivity contribution in [3.8, 4) is 5.69 Å². The first-order valence-electron chi connectivity index (χ1n) is 22.0. The molecule has 12 aromatic rings. The van der Waals surface area contributed by atoms with Crippen molar-refractivity contribution in [1.29, 1.82) is 0 Å². The Balaban J connectivity index is 1.07. The van der Waals surface area contributed by atoms with Crippen LogP contribution in [0.2, 0.25) is 0 Å². The monoisotopic (exact) mass is 818 g/mol. The van der Waals surface area contributed by atoms with Crippen molar-refractivity contribution in [2.45, 2.75) is 6.92 Å². The summed E-state index contributed by atoms with van der Waals surface area (Å²) in [5.41, 5.74) is 7.37. The van der Waals surface area contributed by atoms with E-state index in [0.29, 0.717) is 0 Å². The van der Waals surface area contributed by atoms with E-state index in [1.165, 1.54) is 64.6 Å². The van der Waals surface area contributed by atoms with Crippen molar-refractivity contribution >= 4 is 109 Å². The number of allylic oxidation sites excluding steroid dienone is 3. The fourth-order valence-electron chi connectivity index (χ4n) is 9.95. The summed E-state index contributed by atoms with van der Waals surface area (Å²) in [5, 5.41) is 15.4. The maximum Gasteiger partial charge on any atom is 0.134 e. The van der Waals surface area contributed by atoms with Crippen LogP contribution in [0.3, 0.4) is 0 Å². The average molecular weight is 819 g/mol. The maximum atomic E-state index is 6.63. The molecule has 0 aliphatic heterocycles. The Kier molecular flexibility index (Phi) is 9.05. The van der Waals surface area contributed by atoms with E-state index in [2.05, 4.69) is 253 Å². The molecule has 0 aliphatic carbocycles. The highest BCUT2D eigenvalue weighted by atomic mass is 16.3. The second-order valence-electron chi connectivity index (χ2n) is 16.3. The molecule has 0 saturated carbocycles. The van der Waals surface area contributed by atoms with Crippen LogP contribution in [-0.2, 0) is 0 Å². The Morgan fingerprint density at radius 3 is 1.12 bits per heavy atom. The summed E-state index contributed by atoms with van der Waals surface area (Å²) >= 11 is 0. The van der Waals surface area contributed by atoms with Gasteiger partial charge in [-0.25, -0.2) is 0 Å². The van der Waals surface area contributed by atoms with Gasteiger partial charge in [-0.3, -0.25) is 0 Å². The molecule has 0 unspecified atom stereocenters. The van der Waals surface area contributed by atoms with Crippen LogP contribution < -0.4 is 0 Å². The van der Waals surface area contributed by atoms with Crippen LogP contribution in [-0.4, -0.2) is 9.13 Å². The molecule has 0 saturated heterocycles. The number of fused-ring (bicyclic) bond motifs is 15. The summed E-state index contributed by atoms with van der Waals surface area (Å²) in [4.78, 5) is 0. The number of benzene rings is 9. The normalized spacial score (nSPS) is 12.2. The lowest BCUT2D eigenvalue weighted by Gasteiger charge is -2.14. The standard InChI is InChI=1S/C61H42N2O/c1-2-42(62-57-31-15-11-27-53(57)49-23-7-3-19-45(49)46-20-4-8-24-50(46)54-28-12-16-32-58(54)62)35-37-44-40-41-39-43(36-38-61(41)64-44)63-59-33-17-13-29-55(59)51-25-9-5-21-47(51)48-22-6-10-26-52(48)56-30-14-18-34-60(56)63/h2-40H,1H3/b37-35-,42-2+. The number of aromatic nitrogens is 2. The van der Waals surface area contributed by atoms with Crippen molar-refractivity contribution in [2.75, 3.05) is 0 Å². The highest BCUT2D eigenvalue weighted by molar-refractivity contribution is 6.21. The molecule has 3 nitrogen and oxygen atoms in total. The van der Waals surface area contributed by atoms with Crippen molar-refractivity contribution < 1.29 is 4.42 Å². The van der Waals surface area contributed by atoms with Gasteiger partial charge in [0.25, 0.3) is 0 Å². The third-order valence-corrected chi connectivity index (χ3v) is 12.8. The van der Waals surface area contributed by atoms with Gasteiger partial charge in [-0.15, -0.1) is 0 Å². The van der Waals surface area contributed by atoms with Crippen molar-refractivity contribution in [3.63, 3.8) is 0 Å². The van der Waals surface area contributed by atoms with E-state index >= 15 is 0 Å². The quantitative estimate of drug-likeness (QED) is 0.162. The molecule has 3 aromatic heterocycles. The molecule has 0 N–H and O–H groups in total.